The van der Waals surface area contributed by atoms with Crippen molar-refractivity contribution in [3.8, 4) is 0 Å². The van der Waals surface area contributed by atoms with Crippen molar-refractivity contribution < 1.29 is 47.7 Å². The zero-order valence-corrected chi connectivity index (χ0v) is 29.3. The first-order valence-electron chi connectivity index (χ1n) is 16.6. The maximum atomic E-state index is 13.0. The largest absolute Gasteiger partial charge is 0.443 e. The van der Waals surface area contributed by atoms with Crippen LogP contribution in [0.1, 0.15) is 49.1 Å². The molecule has 0 saturated carbocycles. The lowest BCUT2D eigenvalue weighted by Crippen LogP contribution is -2.46. The Hall–Kier alpha value is -2.98. The van der Waals surface area contributed by atoms with Crippen molar-refractivity contribution in [3.05, 3.63) is 52.4 Å². The van der Waals surface area contributed by atoms with Gasteiger partial charge in [-0.15, -0.1) is 11.6 Å². The van der Waals surface area contributed by atoms with E-state index in [0.29, 0.717) is 56.2 Å². The Morgan fingerprint density at radius 1 is 0.898 bits per heavy atom. The fourth-order valence-electron chi connectivity index (χ4n) is 4.83. The number of benzene rings is 1. The molecule has 1 aliphatic rings. The number of carbonyl (C=O) groups is 3. The molecule has 14 nitrogen and oxygen atoms in total. The number of likely N-dealkylation sites (tertiary alicyclic amines) is 1. The van der Waals surface area contributed by atoms with Crippen LogP contribution in [-0.4, -0.2) is 117 Å². The van der Waals surface area contributed by atoms with Crippen molar-refractivity contribution in [2.45, 2.75) is 63.8 Å². The highest BCUT2D eigenvalue weighted by atomic mass is 35.5. The summed E-state index contributed by atoms with van der Waals surface area (Å²) in [5, 5.41) is 20.0. The van der Waals surface area contributed by atoms with E-state index in [-0.39, 0.29) is 57.4 Å². The van der Waals surface area contributed by atoms with Gasteiger partial charge < -0.3 is 48.8 Å². The molecule has 1 unspecified atom stereocenters. The van der Waals surface area contributed by atoms with Crippen LogP contribution in [0.3, 0.4) is 0 Å². The van der Waals surface area contributed by atoms with Gasteiger partial charge in [0.25, 0.3) is 0 Å². The lowest BCUT2D eigenvalue weighted by atomic mass is 10.1. The number of nitrogens with zero attached hydrogens (tertiary/aromatic N) is 2. The molecule has 1 aliphatic heterocycles. The summed E-state index contributed by atoms with van der Waals surface area (Å²) in [4.78, 5) is 39.2. The first-order valence-corrected chi connectivity index (χ1v) is 17.5. The fourth-order valence-corrected chi connectivity index (χ4v) is 5.15. The van der Waals surface area contributed by atoms with Crippen LogP contribution in [0.25, 0.3) is 0 Å². The first-order chi connectivity index (χ1) is 23.9. The second kappa shape index (κ2) is 24.2. The van der Waals surface area contributed by atoms with E-state index in [1.54, 1.807) is 24.3 Å². The highest BCUT2D eigenvalue weighted by molar-refractivity contribution is 6.30. The Kier molecular flexibility index (Phi) is 20.0. The summed E-state index contributed by atoms with van der Waals surface area (Å²) in [6, 6.07) is 7.72. The number of aromatic nitrogens is 1. The van der Waals surface area contributed by atoms with Crippen LogP contribution in [0.15, 0.2) is 34.9 Å². The summed E-state index contributed by atoms with van der Waals surface area (Å²) < 4.78 is 32.2. The van der Waals surface area contributed by atoms with Crippen molar-refractivity contribution in [2.75, 3.05) is 71.8 Å². The van der Waals surface area contributed by atoms with Crippen LogP contribution >= 0.6 is 23.2 Å². The average molecular weight is 732 g/mol. The summed E-state index contributed by atoms with van der Waals surface area (Å²) in [5.41, 5.74) is 1.17. The van der Waals surface area contributed by atoms with Gasteiger partial charge >= 0.3 is 6.09 Å². The van der Waals surface area contributed by atoms with E-state index < -0.39 is 24.1 Å². The minimum Gasteiger partial charge on any atom is -0.443 e. The molecular weight excluding hydrogens is 683 g/mol. The van der Waals surface area contributed by atoms with Crippen molar-refractivity contribution in [2.24, 2.45) is 0 Å². The Morgan fingerprint density at radius 2 is 1.55 bits per heavy atom. The average Bonchev–Trinajstić information content (AvgIpc) is 3.72. The van der Waals surface area contributed by atoms with E-state index >= 15 is 0 Å². The third-order valence-electron chi connectivity index (χ3n) is 7.37. The standard InChI is InChI=1S/C33H48Cl2N4O10/c34-9-3-1-2-4-11-44-13-15-46-17-18-47-16-14-45-12-10-36-33(43)48-24-27-19-29(49-38-27)21-31(41)39-23-28(40)20-30(39)32(42)37-22-25-5-7-26(35)8-6-25/h5-8,19,28,30,40H,1-4,9-18,20-24H2,(H,36,43)(H,37,42)/t28-,30?/m1/s1. The van der Waals surface area contributed by atoms with E-state index in [1.807, 2.05) is 0 Å². The zero-order chi connectivity index (χ0) is 35.1. The number of nitrogens with one attached hydrogen (secondary N) is 2. The molecule has 2 aromatic rings. The molecule has 1 aromatic carbocycles. The number of β-amino-alcohol motifs (C(OH)–C–C–N with tert-alkyl or cyclic N) is 1. The van der Waals surface area contributed by atoms with Crippen LogP contribution in [0.5, 0.6) is 0 Å². The topological polar surface area (TPSA) is 171 Å². The zero-order valence-electron chi connectivity index (χ0n) is 27.7. The summed E-state index contributed by atoms with van der Waals surface area (Å²) in [7, 11) is 0. The van der Waals surface area contributed by atoms with Crippen LogP contribution in [0, 0.1) is 0 Å². The van der Waals surface area contributed by atoms with Crippen molar-refractivity contribution in [1.82, 2.24) is 20.7 Å². The van der Waals surface area contributed by atoms with E-state index in [4.69, 9.17) is 51.4 Å². The number of amides is 3. The third-order valence-corrected chi connectivity index (χ3v) is 7.89. The summed E-state index contributed by atoms with van der Waals surface area (Å²) >= 11 is 11.6. The maximum Gasteiger partial charge on any atom is 0.407 e. The van der Waals surface area contributed by atoms with Gasteiger partial charge in [0, 0.05) is 49.6 Å². The normalized spacial score (nSPS) is 15.8. The molecule has 3 amide bonds. The Labute approximate surface area is 297 Å². The van der Waals surface area contributed by atoms with Gasteiger partial charge in [-0.1, -0.05) is 41.7 Å². The Morgan fingerprint density at radius 3 is 2.24 bits per heavy atom. The maximum absolute atomic E-state index is 13.0. The number of carbonyl (C=O) groups excluding carboxylic acids is 3. The van der Waals surface area contributed by atoms with E-state index in [0.717, 1.165) is 37.9 Å². The molecule has 3 N–H and O–H groups in total. The summed E-state index contributed by atoms with van der Waals surface area (Å²) in [6.45, 7) is 4.18. The van der Waals surface area contributed by atoms with Crippen LogP contribution in [0.4, 0.5) is 4.79 Å². The predicted molar refractivity (Wildman–Crippen MR) is 180 cm³/mol. The van der Waals surface area contributed by atoms with Gasteiger partial charge in [0.1, 0.15) is 24.1 Å². The summed E-state index contributed by atoms with van der Waals surface area (Å²) in [5.74, 6) is 0.190. The first kappa shape index (κ1) is 40.4. The van der Waals surface area contributed by atoms with E-state index in [1.165, 1.54) is 11.0 Å². The quantitative estimate of drug-likeness (QED) is 0.101. The number of aliphatic hydroxyl groups is 1. The van der Waals surface area contributed by atoms with Crippen molar-refractivity contribution in [1.29, 1.82) is 0 Å². The molecule has 16 heteroatoms. The fraction of sp³-hybridized carbons (Fsp3) is 0.636. The molecule has 0 aliphatic carbocycles. The van der Waals surface area contributed by atoms with Gasteiger partial charge in [0.05, 0.1) is 58.8 Å². The monoisotopic (exact) mass is 730 g/mol. The van der Waals surface area contributed by atoms with Gasteiger partial charge in [-0.2, -0.15) is 0 Å². The van der Waals surface area contributed by atoms with Crippen molar-refractivity contribution >= 4 is 41.1 Å². The third kappa shape index (κ3) is 17.0. The number of halogens is 2. The molecule has 3 rings (SSSR count). The highest BCUT2D eigenvalue weighted by Crippen LogP contribution is 2.20. The van der Waals surface area contributed by atoms with Gasteiger partial charge in [-0.3, -0.25) is 9.59 Å². The molecule has 2 heterocycles. The van der Waals surface area contributed by atoms with E-state index in [9.17, 15) is 19.5 Å². The van der Waals surface area contributed by atoms with E-state index in [2.05, 4.69) is 15.8 Å². The van der Waals surface area contributed by atoms with Crippen LogP contribution in [-0.2, 0) is 52.8 Å². The van der Waals surface area contributed by atoms with Crippen molar-refractivity contribution in [3.63, 3.8) is 0 Å². The highest BCUT2D eigenvalue weighted by Gasteiger charge is 2.39. The number of rotatable bonds is 25. The lowest BCUT2D eigenvalue weighted by Gasteiger charge is -2.23. The minimum atomic E-state index is -0.820. The molecule has 49 heavy (non-hydrogen) atoms. The molecular formula is C33H48Cl2N4O10. The van der Waals surface area contributed by atoms with Gasteiger partial charge in [-0.25, -0.2) is 4.79 Å². The molecule has 0 bridgehead atoms. The number of alkyl carbamates (subject to hydrolysis) is 1. The number of aliphatic hydroxyl groups excluding tert-OH is 1. The van der Waals surface area contributed by atoms with Crippen LogP contribution < -0.4 is 10.6 Å². The predicted octanol–water partition coefficient (Wildman–Crippen LogP) is 3.24. The molecule has 1 saturated heterocycles. The number of ether oxygens (including phenoxy) is 5. The smallest absolute Gasteiger partial charge is 0.407 e. The minimum absolute atomic E-state index is 0.0289. The number of hydrogen-bond acceptors (Lipinski definition) is 11. The molecule has 0 radical (unpaired) electrons. The lowest BCUT2D eigenvalue weighted by molar-refractivity contribution is -0.138. The number of unbranched alkanes of at least 4 members (excludes halogenated alkanes) is 3. The summed E-state index contributed by atoms with van der Waals surface area (Å²) in [6.07, 6.45) is 2.84. The Balaban J connectivity index is 1.19. The van der Waals surface area contributed by atoms with Gasteiger partial charge in [0.15, 0.2) is 0 Å². The second-order valence-corrected chi connectivity index (χ2v) is 12.1. The van der Waals surface area contributed by atoms with Crippen LogP contribution in [0.2, 0.25) is 5.02 Å². The Bertz CT molecular complexity index is 1240. The molecule has 2 atom stereocenters. The molecule has 1 fully saturated rings. The molecule has 274 valence electrons. The number of hydrogen-bond donors (Lipinski definition) is 3. The van der Waals surface area contributed by atoms with Gasteiger partial charge in [0.2, 0.25) is 11.8 Å². The molecule has 1 aromatic heterocycles. The second-order valence-electron chi connectivity index (χ2n) is 11.3. The number of alkyl halides is 1. The SMILES string of the molecule is O=C(NCCOCCOCCOCCOCCCCCCCl)OCc1cc(CC(=O)N2C[C@H](O)CC2C(=O)NCc2ccc(Cl)cc2)on1. The molecule has 0 spiro atoms. The van der Waals surface area contributed by atoms with Gasteiger partial charge in [-0.05, 0) is 30.5 Å².